The van der Waals surface area contributed by atoms with E-state index in [9.17, 15) is 13.2 Å². The lowest BCUT2D eigenvalue weighted by atomic mass is 10.1. The van der Waals surface area contributed by atoms with Gasteiger partial charge in [-0.05, 0) is 56.0 Å². The minimum Gasteiger partial charge on any atom is -0.309 e. The predicted octanol–water partition coefficient (Wildman–Crippen LogP) is 3.44. The predicted molar refractivity (Wildman–Crippen MR) is 110 cm³/mol. The van der Waals surface area contributed by atoms with Crippen LogP contribution in [0.2, 0.25) is 0 Å². The number of amides is 1. The zero-order valence-electron chi connectivity index (χ0n) is 16.3. The molecule has 0 aliphatic carbocycles. The molecule has 0 aromatic heterocycles. The van der Waals surface area contributed by atoms with Gasteiger partial charge >= 0.3 is 0 Å². The molecule has 5 nitrogen and oxygen atoms in total. The third-order valence-corrected chi connectivity index (χ3v) is 6.22. The molecule has 0 saturated heterocycles. The third kappa shape index (κ3) is 4.00. The summed E-state index contributed by atoms with van der Waals surface area (Å²) in [4.78, 5) is 14.7. The van der Waals surface area contributed by atoms with E-state index in [1.807, 2.05) is 63.2 Å². The van der Waals surface area contributed by atoms with Gasteiger partial charge in [0.25, 0.3) is 0 Å². The van der Waals surface area contributed by atoms with E-state index in [-0.39, 0.29) is 24.9 Å². The number of carbonyl (C=O) groups excluding carboxylic acids is 1. The molecule has 0 saturated carbocycles. The largest absolute Gasteiger partial charge is 0.309 e. The Labute approximate surface area is 161 Å². The molecule has 0 fully saturated rings. The van der Waals surface area contributed by atoms with Crippen molar-refractivity contribution in [2.75, 3.05) is 22.0 Å². The van der Waals surface area contributed by atoms with Gasteiger partial charge in [0, 0.05) is 24.7 Å². The van der Waals surface area contributed by atoms with Crippen molar-refractivity contribution in [3.63, 3.8) is 0 Å². The summed E-state index contributed by atoms with van der Waals surface area (Å²) in [5.41, 5.74) is 4.59. The van der Waals surface area contributed by atoms with Crippen LogP contribution < -0.4 is 9.21 Å². The summed E-state index contributed by atoms with van der Waals surface area (Å²) in [7, 11) is -3.49. The highest BCUT2D eigenvalue weighted by Crippen LogP contribution is 2.32. The number of benzene rings is 2. The first-order valence-corrected chi connectivity index (χ1v) is 11.0. The minimum atomic E-state index is -3.49. The average Bonchev–Trinajstić information content (AvgIpc) is 2.92. The van der Waals surface area contributed by atoms with Gasteiger partial charge in [-0.15, -0.1) is 0 Å². The minimum absolute atomic E-state index is 0.0496. The third-order valence-electron chi connectivity index (χ3n) is 5.04. The van der Waals surface area contributed by atoms with E-state index in [4.69, 9.17) is 0 Å². The first kappa shape index (κ1) is 19.4. The van der Waals surface area contributed by atoms with Gasteiger partial charge in [0.2, 0.25) is 15.9 Å². The van der Waals surface area contributed by atoms with Crippen molar-refractivity contribution in [3.05, 3.63) is 59.2 Å². The molecule has 2 aromatic carbocycles. The van der Waals surface area contributed by atoms with Crippen molar-refractivity contribution in [2.24, 2.45) is 0 Å². The van der Waals surface area contributed by atoms with E-state index < -0.39 is 10.0 Å². The van der Waals surface area contributed by atoms with Crippen LogP contribution in [-0.4, -0.2) is 33.2 Å². The molecule has 2 aromatic rings. The van der Waals surface area contributed by atoms with E-state index in [1.165, 1.54) is 10.6 Å². The summed E-state index contributed by atoms with van der Waals surface area (Å²) in [6, 6.07) is 13.7. The van der Waals surface area contributed by atoms with E-state index >= 15 is 0 Å². The van der Waals surface area contributed by atoms with Gasteiger partial charge in [-0.3, -0.25) is 9.10 Å². The molecule has 0 radical (unpaired) electrons. The van der Waals surface area contributed by atoms with Crippen LogP contribution in [0.15, 0.2) is 42.5 Å². The van der Waals surface area contributed by atoms with Crippen LogP contribution in [0.25, 0.3) is 0 Å². The molecule has 6 heteroatoms. The van der Waals surface area contributed by atoms with Gasteiger partial charge in [0.05, 0.1) is 11.9 Å². The summed E-state index contributed by atoms with van der Waals surface area (Å²) >= 11 is 0. The summed E-state index contributed by atoms with van der Waals surface area (Å²) in [6.45, 7) is 5.97. The molecule has 1 atom stereocenters. The molecular weight excluding hydrogens is 360 g/mol. The molecule has 27 heavy (non-hydrogen) atoms. The van der Waals surface area contributed by atoms with Gasteiger partial charge in [0.15, 0.2) is 0 Å². The molecule has 0 N–H and O–H groups in total. The molecule has 1 unspecified atom stereocenters. The van der Waals surface area contributed by atoms with E-state index in [0.717, 1.165) is 28.8 Å². The fourth-order valence-electron chi connectivity index (χ4n) is 3.72. The van der Waals surface area contributed by atoms with Crippen molar-refractivity contribution in [3.8, 4) is 0 Å². The zero-order chi connectivity index (χ0) is 19.8. The lowest BCUT2D eigenvalue weighted by Crippen LogP contribution is -2.39. The number of anilines is 2. The fourth-order valence-corrected chi connectivity index (χ4v) is 4.69. The molecular formula is C21H26N2O3S. The van der Waals surface area contributed by atoms with Crippen LogP contribution in [0, 0.1) is 13.8 Å². The zero-order valence-corrected chi connectivity index (χ0v) is 17.1. The van der Waals surface area contributed by atoms with Crippen molar-refractivity contribution < 1.29 is 13.2 Å². The van der Waals surface area contributed by atoms with Crippen LogP contribution in [-0.2, 0) is 21.2 Å². The molecule has 0 spiro atoms. The Morgan fingerprint density at radius 3 is 2.59 bits per heavy atom. The number of aryl methyl sites for hydroxylation is 2. The molecule has 0 bridgehead atoms. The lowest BCUT2D eigenvalue weighted by Gasteiger charge is -2.27. The van der Waals surface area contributed by atoms with Gasteiger partial charge in [0.1, 0.15) is 0 Å². The summed E-state index contributed by atoms with van der Waals surface area (Å²) < 4.78 is 26.1. The number of sulfonamides is 1. The van der Waals surface area contributed by atoms with Gasteiger partial charge in [-0.2, -0.15) is 0 Å². The van der Waals surface area contributed by atoms with Crippen LogP contribution in [0.1, 0.15) is 30.0 Å². The highest BCUT2D eigenvalue weighted by molar-refractivity contribution is 7.92. The molecule has 1 aliphatic heterocycles. The normalized spacial score (nSPS) is 16.3. The molecule has 1 amide bonds. The Hall–Kier alpha value is -2.34. The maximum atomic E-state index is 12.9. The topological polar surface area (TPSA) is 57.7 Å². The summed E-state index contributed by atoms with van der Waals surface area (Å²) in [5.74, 6) is -0.0496. The van der Waals surface area contributed by atoms with Crippen molar-refractivity contribution in [2.45, 2.75) is 39.7 Å². The second-order valence-electron chi connectivity index (χ2n) is 7.32. The summed E-state index contributed by atoms with van der Waals surface area (Å²) in [6.07, 6.45) is 2.15. The van der Waals surface area contributed by atoms with E-state index in [1.54, 1.807) is 4.90 Å². The van der Waals surface area contributed by atoms with Crippen LogP contribution in [0.3, 0.4) is 0 Å². The Morgan fingerprint density at radius 1 is 1.19 bits per heavy atom. The number of para-hydroxylation sites is 1. The van der Waals surface area contributed by atoms with Crippen LogP contribution in [0.5, 0.6) is 0 Å². The summed E-state index contributed by atoms with van der Waals surface area (Å²) in [5, 5.41) is 0. The van der Waals surface area contributed by atoms with Crippen molar-refractivity contribution in [1.82, 2.24) is 0 Å². The maximum absolute atomic E-state index is 12.9. The Kier molecular flexibility index (Phi) is 5.29. The lowest BCUT2D eigenvalue weighted by molar-refractivity contribution is -0.118. The number of carbonyl (C=O) groups is 1. The number of fused-ring (bicyclic) bond motifs is 1. The number of nitrogens with zero attached hydrogens (tertiary/aromatic N) is 2. The second-order valence-corrected chi connectivity index (χ2v) is 9.23. The quantitative estimate of drug-likeness (QED) is 0.791. The Balaban J connectivity index is 1.82. The van der Waals surface area contributed by atoms with Crippen molar-refractivity contribution >= 4 is 27.3 Å². The van der Waals surface area contributed by atoms with Gasteiger partial charge in [-0.25, -0.2) is 8.42 Å². The van der Waals surface area contributed by atoms with E-state index in [2.05, 4.69) is 0 Å². The van der Waals surface area contributed by atoms with E-state index in [0.29, 0.717) is 5.69 Å². The molecule has 1 heterocycles. The monoisotopic (exact) mass is 386 g/mol. The van der Waals surface area contributed by atoms with Gasteiger partial charge in [-0.1, -0.05) is 30.3 Å². The Bertz CT molecular complexity index is 969. The maximum Gasteiger partial charge on any atom is 0.232 e. The highest BCUT2D eigenvalue weighted by Gasteiger charge is 2.31. The van der Waals surface area contributed by atoms with Crippen LogP contribution in [0.4, 0.5) is 11.4 Å². The molecule has 3 rings (SSSR count). The molecule has 144 valence electrons. The first-order valence-electron chi connectivity index (χ1n) is 9.13. The number of rotatable bonds is 5. The van der Waals surface area contributed by atoms with Crippen LogP contribution >= 0.6 is 0 Å². The second kappa shape index (κ2) is 7.35. The SMILES string of the molecule is Cc1ccc(C)c(N(CCC(=O)N2c3ccccc3CC2C)S(C)(=O)=O)c1. The standard InChI is InChI=1S/C21H26N2O3S/c1-15-9-10-16(2)20(13-15)22(27(4,25)26)12-11-21(24)23-17(3)14-18-7-5-6-8-19(18)23/h5-10,13,17H,11-12,14H2,1-4H3. The molecule has 1 aliphatic rings. The fraction of sp³-hybridized carbons (Fsp3) is 0.381. The van der Waals surface area contributed by atoms with Gasteiger partial charge < -0.3 is 4.90 Å². The average molecular weight is 387 g/mol. The van der Waals surface area contributed by atoms with Crippen molar-refractivity contribution in [1.29, 1.82) is 0 Å². The number of hydrogen-bond donors (Lipinski definition) is 0. The smallest absolute Gasteiger partial charge is 0.232 e. The number of hydrogen-bond acceptors (Lipinski definition) is 3. The first-order chi connectivity index (χ1) is 12.7. The Morgan fingerprint density at radius 2 is 1.89 bits per heavy atom. The highest BCUT2D eigenvalue weighted by atomic mass is 32.2.